The van der Waals surface area contributed by atoms with Crippen molar-refractivity contribution < 1.29 is 8.78 Å². The largest absolute Gasteiger partial charge is 0.312 e. The molecule has 0 aliphatic heterocycles. The van der Waals surface area contributed by atoms with Crippen LogP contribution in [0.1, 0.15) is 11.1 Å². The molecule has 4 heteroatoms. The highest BCUT2D eigenvalue weighted by Crippen LogP contribution is 2.14. The molecule has 1 N–H and O–H groups in total. The molecule has 0 aliphatic carbocycles. The van der Waals surface area contributed by atoms with E-state index in [1.165, 1.54) is 12.1 Å². The Hall–Kier alpha value is -1.45. The highest BCUT2D eigenvalue weighted by Gasteiger charge is 2.03. The molecule has 2 rings (SSSR count). The molecule has 0 atom stereocenters. The molecule has 1 nitrogen and oxygen atoms in total. The van der Waals surface area contributed by atoms with Gasteiger partial charge in [-0.2, -0.15) is 0 Å². The normalized spacial score (nSPS) is 10.7. The Morgan fingerprint density at radius 1 is 0.947 bits per heavy atom. The number of nitrogens with one attached hydrogen (secondary N) is 1. The van der Waals surface area contributed by atoms with Crippen molar-refractivity contribution in [2.24, 2.45) is 0 Å². The number of rotatable bonds is 5. The van der Waals surface area contributed by atoms with Gasteiger partial charge in [-0.25, -0.2) is 8.78 Å². The molecule has 0 saturated heterocycles. The fourth-order valence-electron chi connectivity index (χ4n) is 1.81. The first kappa shape index (κ1) is 14.0. The highest BCUT2D eigenvalue weighted by atomic mass is 35.5. The summed E-state index contributed by atoms with van der Waals surface area (Å²) in [6.45, 7) is 0.987. The molecule has 0 heterocycles. The Morgan fingerprint density at radius 3 is 2.47 bits per heavy atom. The van der Waals surface area contributed by atoms with Gasteiger partial charge in [-0.3, -0.25) is 0 Å². The molecule has 19 heavy (non-hydrogen) atoms. The molecule has 0 spiro atoms. The summed E-state index contributed by atoms with van der Waals surface area (Å²) in [5.41, 5.74) is 1.21. The Labute approximate surface area is 116 Å². The van der Waals surface area contributed by atoms with Crippen LogP contribution in [-0.2, 0) is 13.0 Å². The molecule has 0 fully saturated rings. The Balaban J connectivity index is 1.83. The van der Waals surface area contributed by atoms with Gasteiger partial charge in [-0.05, 0) is 36.7 Å². The molecule has 0 bridgehead atoms. The summed E-state index contributed by atoms with van der Waals surface area (Å²) in [6, 6.07) is 11.2. The lowest BCUT2D eigenvalue weighted by molar-refractivity contribution is 0.578. The summed E-state index contributed by atoms with van der Waals surface area (Å²) in [7, 11) is 0. The van der Waals surface area contributed by atoms with Crippen LogP contribution in [-0.4, -0.2) is 6.54 Å². The first-order chi connectivity index (χ1) is 9.16. The van der Waals surface area contributed by atoms with Crippen LogP contribution in [0.15, 0.2) is 42.5 Å². The van der Waals surface area contributed by atoms with Crippen molar-refractivity contribution in [1.82, 2.24) is 5.32 Å². The molecular weight excluding hydrogens is 268 g/mol. The smallest absolute Gasteiger partial charge is 0.129 e. The van der Waals surface area contributed by atoms with E-state index in [1.54, 1.807) is 30.3 Å². The van der Waals surface area contributed by atoms with Gasteiger partial charge in [0.2, 0.25) is 0 Å². The maximum absolute atomic E-state index is 13.5. The zero-order chi connectivity index (χ0) is 13.7. The third-order valence-electron chi connectivity index (χ3n) is 2.86. The lowest BCUT2D eigenvalue weighted by Gasteiger charge is -2.07. The predicted molar refractivity (Wildman–Crippen MR) is 73.2 cm³/mol. The van der Waals surface area contributed by atoms with Crippen LogP contribution in [0.4, 0.5) is 8.78 Å². The average molecular weight is 282 g/mol. The third kappa shape index (κ3) is 4.01. The zero-order valence-electron chi connectivity index (χ0n) is 10.3. The molecule has 0 saturated carbocycles. The summed E-state index contributed by atoms with van der Waals surface area (Å²) < 4.78 is 26.8. The monoisotopic (exact) mass is 281 g/mol. The van der Waals surface area contributed by atoms with Crippen LogP contribution >= 0.6 is 11.6 Å². The van der Waals surface area contributed by atoms with Gasteiger partial charge in [0.1, 0.15) is 11.6 Å². The summed E-state index contributed by atoms with van der Waals surface area (Å²) in [6.07, 6.45) is 0.571. The van der Waals surface area contributed by atoms with E-state index in [1.807, 2.05) is 0 Å². The van der Waals surface area contributed by atoms with Crippen molar-refractivity contribution in [2.75, 3.05) is 6.54 Å². The molecule has 0 aliphatic rings. The Morgan fingerprint density at radius 2 is 1.74 bits per heavy atom. The fourth-order valence-corrected chi connectivity index (χ4v) is 1.97. The third-order valence-corrected chi connectivity index (χ3v) is 3.09. The molecule has 0 aromatic heterocycles. The topological polar surface area (TPSA) is 12.0 Å². The number of hydrogen-bond acceptors (Lipinski definition) is 1. The van der Waals surface area contributed by atoms with E-state index in [4.69, 9.17) is 11.6 Å². The molecule has 0 unspecified atom stereocenters. The lowest BCUT2D eigenvalue weighted by atomic mass is 10.1. The average Bonchev–Trinajstić information content (AvgIpc) is 2.38. The van der Waals surface area contributed by atoms with Crippen LogP contribution in [0.5, 0.6) is 0 Å². The van der Waals surface area contributed by atoms with Gasteiger partial charge >= 0.3 is 0 Å². The number of halogens is 3. The summed E-state index contributed by atoms with van der Waals surface area (Å²) in [4.78, 5) is 0. The van der Waals surface area contributed by atoms with E-state index >= 15 is 0 Å². The van der Waals surface area contributed by atoms with Crippen LogP contribution in [0.3, 0.4) is 0 Å². The van der Waals surface area contributed by atoms with E-state index in [0.29, 0.717) is 35.7 Å². The molecule has 0 amide bonds. The van der Waals surface area contributed by atoms with Crippen LogP contribution < -0.4 is 5.32 Å². The number of hydrogen-bond donors (Lipinski definition) is 1. The van der Waals surface area contributed by atoms with E-state index in [-0.39, 0.29) is 11.6 Å². The quantitative estimate of drug-likeness (QED) is 0.818. The van der Waals surface area contributed by atoms with Crippen LogP contribution in [0, 0.1) is 11.6 Å². The summed E-state index contributed by atoms with van der Waals surface area (Å²) in [5, 5.41) is 3.47. The van der Waals surface area contributed by atoms with Crippen molar-refractivity contribution >= 4 is 11.6 Å². The standard InChI is InChI=1S/C15H14ClF2N/c16-13-6-5-12(15(18)9-13)10-19-8-7-11-3-1-2-4-14(11)17/h1-6,9,19H,7-8,10H2. The fraction of sp³-hybridized carbons (Fsp3) is 0.200. The molecular formula is C15H14ClF2N. The van der Waals surface area contributed by atoms with Crippen LogP contribution in [0.2, 0.25) is 5.02 Å². The summed E-state index contributed by atoms with van der Waals surface area (Å²) in [5.74, 6) is -0.534. The Kier molecular flexibility index (Phi) is 4.88. The minimum absolute atomic E-state index is 0.207. The van der Waals surface area contributed by atoms with E-state index in [9.17, 15) is 8.78 Å². The van der Waals surface area contributed by atoms with Gasteiger partial charge in [0.05, 0.1) is 0 Å². The van der Waals surface area contributed by atoms with Crippen molar-refractivity contribution in [3.05, 3.63) is 70.2 Å². The SMILES string of the molecule is Fc1ccccc1CCNCc1ccc(Cl)cc1F. The first-order valence-corrected chi connectivity index (χ1v) is 6.42. The van der Waals surface area contributed by atoms with Gasteiger partial charge in [-0.1, -0.05) is 35.9 Å². The van der Waals surface area contributed by atoms with Gasteiger partial charge in [0.25, 0.3) is 0 Å². The molecule has 2 aromatic rings. The van der Waals surface area contributed by atoms with E-state index in [2.05, 4.69) is 5.32 Å². The molecule has 2 aromatic carbocycles. The predicted octanol–water partition coefficient (Wildman–Crippen LogP) is 3.95. The van der Waals surface area contributed by atoms with Crippen molar-refractivity contribution in [3.63, 3.8) is 0 Å². The summed E-state index contributed by atoms with van der Waals surface area (Å²) >= 11 is 5.67. The van der Waals surface area contributed by atoms with Crippen molar-refractivity contribution in [3.8, 4) is 0 Å². The molecule has 100 valence electrons. The minimum atomic E-state index is -0.328. The second kappa shape index (κ2) is 6.64. The maximum atomic E-state index is 13.5. The van der Waals surface area contributed by atoms with Crippen LogP contribution in [0.25, 0.3) is 0 Å². The molecule has 0 radical (unpaired) electrons. The second-order valence-electron chi connectivity index (χ2n) is 4.25. The van der Waals surface area contributed by atoms with Crippen molar-refractivity contribution in [1.29, 1.82) is 0 Å². The lowest BCUT2D eigenvalue weighted by Crippen LogP contribution is -2.17. The van der Waals surface area contributed by atoms with Gasteiger partial charge < -0.3 is 5.32 Å². The Bertz CT molecular complexity index is 558. The minimum Gasteiger partial charge on any atom is -0.312 e. The van der Waals surface area contributed by atoms with E-state index in [0.717, 1.165) is 0 Å². The highest BCUT2D eigenvalue weighted by molar-refractivity contribution is 6.30. The van der Waals surface area contributed by atoms with Crippen molar-refractivity contribution in [2.45, 2.75) is 13.0 Å². The zero-order valence-corrected chi connectivity index (χ0v) is 11.1. The first-order valence-electron chi connectivity index (χ1n) is 6.05. The van der Waals surface area contributed by atoms with E-state index < -0.39 is 0 Å². The van der Waals surface area contributed by atoms with Gasteiger partial charge in [0, 0.05) is 17.1 Å². The maximum Gasteiger partial charge on any atom is 0.129 e. The second-order valence-corrected chi connectivity index (χ2v) is 4.69. The number of benzene rings is 2. The van der Waals surface area contributed by atoms with Gasteiger partial charge in [-0.15, -0.1) is 0 Å². The van der Waals surface area contributed by atoms with Gasteiger partial charge in [0.15, 0.2) is 0 Å².